The van der Waals surface area contributed by atoms with Crippen molar-refractivity contribution in [1.82, 2.24) is 19.7 Å². The molecular formula is C21H23N5O6. The number of carbonyl (C=O) groups excluding carboxylic acids is 2. The molecule has 11 nitrogen and oxygen atoms in total. The fourth-order valence-corrected chi connectivity index (χ4v) is 2.51. The number of aliphatic hydroxyl groups is 1. The van der Waals surface area contributed by atoms with Gasteiger partial charge in [-0.25, -0.2) is 14.8 Å². The van der Waals surface area contributed by atoms with E-state index in [0.717, 1.165) is 0 Å². The van der Waals surface area contributed by atoms with Gasteiger partial charge in [-0.1, -0.05) is 0 Å². The Labute approximate surface area is 184 Å². The second-order valence-corrected chi connectivity index (χ2v) is 6.92. The van der Waals surface area contributed by atoms with E-state index in [4.69, 9.17) is 9.47 Å². The topological polar surface area (TPSA) is 138 Å². The van der Waals surface area contributed by atoms with Gasteiger partial charge in [-0.15, -0.1) is 0 Å². The van der Waals surface area contributed by atoms with Crippen LogP contribution in [0.5, 0.6) is 17.4 Å². The molecule has 0 aliphatic heterocycles. The Bertz CT molecular complexity index is 1100. The minimum absolute atomic E-state index is 0.0260. The molecule has 11 heteroatoms. The molecule has 2 N–H and O–H groups in total. The number of hydrogen-bond acceptors (Lipinski definition) is 9. The molecule has 0 spiro atoms. The number of rotatable bonds is 8. The third-order valence-corrected chi connectivity index (χ3v) is 4.34. The molecule has 2 atom stereocenters. The number of nitrogens with one attached hydrogen (secondary N) is 1. The maximum absolute atomic E-state index is 12.8. The average molecular weight is 441 g/mol. The molecule has 2 aromatic heterocycles. The van der Waals surface area contributed by atoms with Crippen LogP contribution in [0.3, 0.4) is 0 Å². The molecule has 0 aliphatic carbocycles. The highest BCUT2D eigenvalue weighted by Crippen LogP contribution is 2.28. The van der Waals surface area contributed by atoms with E-state index in [0.29, 0.717) is 11.6 Å². The van der Waals surface area contributed by atoms with Gasteiger partial charge in [0, 0.05) is 30.9 Å². The van der Waals surface area contributed by atoms with Crippen molar-refractivity contribution < 1.29 is 28.9 Å². The summed E-state index contributed by atoms with van der Waals surface area (Å²) in [6.45, 7) is 3.29. The zero-order valence-electron chi connectivity index (χ0n) is 18.0. The van der Waals surface area contributed by atoms with Crippen LogP contribution in [0.4, 0.5) is 5.82 Å². The highest BCUT2D eigenvalue weighted by molar-refractivity contribution is 6.04. The van der Waals surface area contributed by atoms with Gasteiger partial charge in [-0.3, -0.25) is 9.48 Å². The first kappa shape index (κ1) is 22.7. The number of carbonyl (C=O) groups is 2. The van der Waals surface area contributed by atoms with E-state index >= 15 is 0 Å². The zero-order valence-corrected chi connectivity index (χ0v) is 18.0. The van der Waals surface area contributed by atoms with E-state index in [9.17, 15) is 14.7 Å². The first-order chi connectivity index (χ1) is 15.2. The van der Waals surface area contributed by atoms with Gasteiger partial charge < -0.3 is 24.6 Å². The lowest BCUT2D eigenvalue weighted by Crippen LogP contribution is -2.25. The molecule has 2 heterocycles. The smallest absolute Gasteiger partial charge is 0.358 e. The van der Waals surface area contributed by atoms with E-state index in [-0.39, 0.29) is 22.9 Å². The number of esters is 1. The van der Waals surface area contributed by atoms with Crippen molar-refractivity contribution in [3.63, 3.8) is 0 Å². The Balaban J connectivity index is 1.87. The van der Waals surface area contributed by atoms with Crippen molar-refractivity contribution in [3.8, 4) is 17.4 Å². The van der Waals surface area contributed by atoms with Crippen LogP contribution in [-0.2, 0) is 11.8 Å². The molecular weight excluding hydrogens is 418 g/mol. The third kappa shape index (κ3) is 5.79. The van der Waals surface area contributed by atoms with Crippen molar-refractivity contribution in [3.05, 3.63) is 54.1 Å². The summed E-state index contributed by atoms with van der Waals surface area (Å²) in [6, 6.07) is 6.22. The number of amides is 1. The van der Waals surface area contributed by atoms with E-state index in [1.165, 1.54) is 31.6 Å². The fraction of sp³-hybridized carbons (Fsp3) is 0.286. The molecule has 2 unspecified atom stereocenters. The molecule has 1 amide bonds. The summed E-state index contributed by atoms with van der Waals surface area (Å²) >= 11 is 0. The number of ether oxygens (including phenoxy) is 3. The van der Waals surface area contributed by atoms with Crippen molar-refractivity contribution >= 4 is 17.7 Å². The van der Waals surface area contributed by atoms with Crippen molar-refractivity contribution in [2.45, 2.75) is 26.1 Å². The van der Waals surface area contributed by atoms with Crippen LogP contribution in [0.1, 0.15) is 34.7 Å². The number of nitrogens with zero attached hydrogens (tertiary/aromatic N) is 4. The fourth-order valence-electron chi connectivity index (χ4n) is 2.51. The van der Waals surface area contributed by atoms with Gasteiger partial charge in [-0.05, 0) is 26.0 Å². The number of hydrogen-bond donors (Lipinski definition) is 2. The van der Waals surface area contributed by atoms with E-state index in [1.54, 1.807) is 43.9 Å². The Kier molecular flexibility index (Phi) is 7.00. The number of aromatic nitrogens is 4. The number of benzene rings is 1. The first-order valence-electron chi connectivity index (χ1n) is 9.64. The normalized spacial score (nSPS) is 12.5. The standard InChI is InChI=1S/C21H23N5O6/c1-12(27)13(2)31-15-7-14(20(28)24-18-5-6-26(3)25-18)8-16(9-15)32-19-11-22-17(10-23-19)21(29)30-4/h5-13,27H,1-4H3,(H,24,25,28). The van der Waals surface area contributed by atoms with Gasteiger partial charge in [0.1, 0.15) is 17.6 Å². The van der Waals surface area contributed by atoms with Gasteiger partial charge in [0.25, 0.3) is 5.91 Å². The van der Waals surface area contributed by atoms with Crippen LogP contribution in [0.25, 0.3) is 0 Å². The Morgan fingerprint density at radius 1 is 1.12 bits per heavy atom. The lowest BCUT2D eigenvalue weighted by atomic mass is 10.1. The van der Waals surface area contributed by atoms with Crippen molar-refractivity contribution in [2.24, 2.45) is 7.05 Å². The summed E-state index contributed by atoms with van der Waals surface area (Å²) in [6.07, 6.45) is 2.90. The molecule has 0 saturated heterocycles. The SMILES string of the molecule is COC(=O)c1cnc(Oc2cc(OC(C)C(C)O)cc(C(=O)Nc3ccn(C)n3)c2)cn1. The molecule has 0 radical (unpaired) electrons. The summed E-state index contributed by atoms with van der Waals surface area (Å²) < 4.78 is 17.6. The van der Waals surface area contributed by atoms with Crippen molar-refractivity contribution in [2.75, 3.05) is 12.4 Å². The molecule has 32 heavy (non-hydrogen) atoms. The van der Waals surface area contributed by atoms with Crippen LogP contribution in [0.15, 0.2) is 42.9 Å². The lowest BCUT2D eigenvalue weighted by molar-refractivity contribution is 0.0592. The molecule has 0 fully saturated rings. The van der Waals surface area contributed by atoms with E-state index in [2.05, 4.69) is 25.1 Å². The Hall–Kier alpha value is -3.99. The first-order valence-corrected chi connectivity index (χ1v) is 9.64. The molecule has 1 aromatic carbocycles. The number of methoxy groups -OCH3 is 1. The Morgan fingerprint density at radius 2 is 1.88 bits per heavy atom. The maximum atomic E-state index is 12.8. The molecule has 0 bridgehead atoms. The van der Waals surface area contributed by atoms with Gasteiger partial charge in [0.2, 0.25) is 5.88 Å². The highest BCUT2D eigenvalue weighted by Gasteiger charge is 2.16. The predicted molar refractivity (Wildman–Crippen MR) is 113 cm³/mol. The largest absolute Gasteiger partial charge is 0.488 e. The second kappa shape index (κ2) is 9.88. The Morgan fingerprint density at radius 3 is 2.47 bits per heavy atom. The van der Waals surface area contributed by atoms with Gasteiger partial charge in [0.15, 0.2) is 11.5 Å². The summed E-state index contributed by atoms with van der Waals surface area (Å²) in [4.78, 5) is 32.2. The summed E-state index contributed by atoms with van der Waals surface area (Å²) in [5.74, 6) is -0.0361. The molecule has 3 aromatic rings. The summed E-state index contributed by atoms with van der Waals surface area (Å²) in [7, 11) is 2.98. The molecule has 0 saturated carbocycles. The number of aliphatic hydroxyl groups excluding tert-OH is 1. The van der Waals surface area contributed by atoms with Crippen molar-refractivity contribution in [1.29, 1.82) is 0 Å². The van der Waals surface area contributed by atoms with Gasteiger partial charge in [-0.2, -0.15) is 5.10 Å². The lowest BCUT2D eigenvalue weighted by Gasteiger charge is -2.18. The van der Waals surface area contributed by atoms with Crippen LogP contribution >= 0.6 is 0 Å². The molecule has 0 aliphatic rings. The van der Waals surface area contributed by atoms with Crippen LogP contribution < -0.4 is 14.8 Å². The maximum Gasteiger partial charge on any atom is 0.358 e. The number of anilines is 1. The predicted octanol–water partition coefficient (Wildman–Crippen LogP) is 2.19. The van der Waals surface area contributed by atoms with Gasteiger partial charge in [0.05, 0.1) is 25.6 Å². The van der Waals surface area contributed by atoms with E-state index < -0.39 is 24.1 Å². The third-order valence-electron chi connectivity index (χ3n) is 4.34. The highest BCUT2D eigenvalue weighted by atomic mass is 16.5. The minimum Gasteiger partial charge on any atom is -0.488 e. The minimum atomic E-state index is -0.734. The van der Waals surface area contributed by atoms with E-state index in [1.807, 2.05) is 0 Å². The monoisotopic (exact) mass is 441 g/mol. The molecule has 3 rings (SSSR count). The van der Waals surface area contributed by atoms with Crippen LogP contribution in [-0.4, -0.2) is 56.0 Å². The van der Waals surface area contributed by atoms with Crippen LogP contribution in [0.2, 0.25) is 0 Å². The number of aryl methyl sites for hydroxylation is 1. The summed E-state index contributed by atoms with van der Waals surface area (Å²) in [5.41, 5.74) is 0.262. The summed E-state index contributed by atoms with van der Waals surface area (Å²) in [5, 5.41) is 16.6. The quantitative estimate of drug-likeness (QED) is 0.504. The molecule has 168 valence electrons. The van der Waals surface area contributed by atoms with Gasteiger partial charge >= 0.3 is 5.97 Å². The second-order valence-electron chi connectivity index (χ2n) is 6.92. The average Bonchev–Trinajstić information content (AvgIpc) is 3.17. The van der Waals surface area contributed by atoms with Crippen LogP contribution in [0, 0.1) is 0 Å². The zero-order chi connectivity index (χ0) is 23.3.